The summed E-state index contributed by atoms with van der Waals surface area (Å²) in [7, 11) is 0. The van der Waals surface area contributed by atoms with Gasteiger partial charge in [-0.3, -0.25) is 0 Å². The number of hydrogen-bond acceptors (Lipinski definition) is 6. The predicted molar refractivity (Wildman–Crippen MR) is 114 cm³/mol. The number of oxazole rings is 1. The van der Waals surface area contributed by atoms with Crippen molar-refractivity contribution in [2.45, 2.75) is 57.6 Å². The zero-order chi connectivity index (χ0) is 20.8. The quantitative estimate of drug-likeness (QED) is 0.761. The summed E-state index contributed by atoms with van der Waals surface area (Å²) in [5.74, 6) is -1.03. The molecule has 2 aliphatic rings. The van der Waals surface area contributed by atoms with Crippen molar-refractivity contribution in [3.8, 4) is 0 Å². The summed E-state index contributed by atoms with van der Waals surface area (Å²) >= 11 is 0. The summed E-state index contributed by atoms with van der Waals surface area (Å²) in [6.07, 6.45) is 3.70. The molecule has 1 saturated heterocycles. The number of carboxylic acids is 1. The topological polar surface area (TPSA) is 96.1 Å². The second-order valence-electron chi connectivity index (χ2n) is 8.94. The van der Waals surface area contributed by atoms with Gasteiger partial charge in [-0.25, -0.2) is 9.59 Å². The van der Waals surface area contributed by atoms with Gasteiger partial charge < -0.3 is 24.1 Å². The number of carbonyl (C=O) groups is 2. The SMILES string of the molecule is CC(C)(C)OC(=O)N1CCN(c2nc3c(C(=O)O)cccc3o2)C2(CCCC2)C1.[LiH]. The van der Waals surface area contributed by atoms with Gasteiger partial charge in [-0.15, -0.1) is 0 Å². The molecule has 1 aliphatic heterocycles. The van der Waals surface area contributed by atoms with Gasteiger partial charge in [0, 0.05) is 19.6 Å². The van der Waals surface area contributed by atoms with Crippen molar-refractivity contribution in [2.24, 2.45) is 0 Å². The van der Waals surface area contributed by atoms with Crippen molar-refractivity contribution in [3.05, 3.63) is 23.8 Å². The van der Waals surface area contributed by atoms with E-state index < -0.39 is 11.6 Å². The minimum atomic E-state index is -1.03. The second kappa shape index (κ2) is 8.16. The van der Waals surface area contributed by atoms with Crippen molar-refractivity contribution in [3.63, 3.8) is 0 Å². The summed E-state index contributed by atoms with van der Waals surface area (Å²) in [5, 5.41) is 9.44. The number of piperazine rings is 1. The van der Waals surface area contributed by atoms with Crippen molar-refractivity contribution < 1.29 is 23.8 Å². The normalized spacial score (nSPS) is 18.5. The first-order chi connectivity index (χ1) is 13.7. The van der Waals surface area contributed by atoms with E-state index in [9.17, 15) is 14.7 Å². The molecule has 1 saturated carbocycles. The van der Waals surface area contributed by atoms with E-state index in [1.807, 2.05) is 20.8 Å². The molecule has 1 aromatic carbocycles. The number of aromatic nitrogens is 1. The van der Waals surface area contributed by atoms with Crippen LogP contribution in [0.3, 0.4) is 0 Å². The molecular formula is C21H28LiN3O5. The van der Waals surface area contributed by atoms with Crippen molar-refractivity contribution >= 4 is 48.0 Å². The van der Waals surface area contributed by atoms with E-state index in [-0.39, 0.29) is 36.1 Å². The minimum absolute atomic E-state index is 0. The van der Waals surface area contributed by atoms with Crippen LogP contribution in [0.25, 0.3) is 11.1 Å². The summed E-state index contributed by atoms with van der Waals surface area (Å²) in [5.41, 5.74) is 0.148. The molecule has 0 bridgehead atoms. The number of ether oxygens (including phenoxy) is 1. The van der Waals surface area contributed by atoms with E-state index >= 15 is 0 Å². The molecule has 0 unspecified atom stereocenters. The van der Waals surface area contributed by atoms with Gasteiger partial charge in [-0.2, -0.15) is 4.98 Å². The summed E-state index contributed by atoms with van der Waals surface area (Å²) < 4.78 is 11.6. The Hall–Kier alpha value is -2.17. The van der Waals surface area contributed by atoms with Gasteiger partial charge in [0.15, 0.2) is 5.58 Å². The predicted octanol–water partition coefficient (Wildman–Crippen LogP) is 3.25. The molecule has 2 heterocycles. The van der Waals surface area contributed by atoms with Crippen LogP contribution in [0.4, 0.5) is 10.8 Å². The van der Waals surface area contributed by atoms with Gasteiger partial charge in [0.1, 0.15) is 11.1 Å². The number of anilines is 1. The van der Waals surface area contributed by atoms with E-state index in [2.05, 4.69) is 9.88 Å². The number of nitrogens with zero attached hydrogens (tertiary/aromatic N) is 3. The number of amides is 1. The van der Waals surface area contributed by atoms with Crippen molar-refractivity contribution in [1.82, 2.24) is 9.88 Å². The molecule has 1 aliphatic carbocycles. The van der Waals surface area contributed by atoms with Crippen LogP contribution in [0.15, 0.2) is 22.6 Å². The van der Waals surface area contributed by atoms with Crippen LogP contribution in [0.5, 0.6) is 0 Å². The number of para-hydroxylation sites is 1. The standard InChI is InChI=1S/C21H27N3O5.Li.H/c1-20(2,3)29-19(27)23-11-12-24(21(13-23)9-4-5-10-21)18-22-16-14(17(25)26)7-6-8-15(16)28-18;;/h6-8H,4-5,9-13H2,1-3H3,(H,25,26);;. The van der Waals surface area contributed by atoms with Gasteiger partial charge in [0.05, 0.1) is 11.1 Å². The molecular weight excluding hydrogens is 381 g/mol. The van der Waals surface area contributed by atoms with E-state index in [1.54, 1.807) is 17.0 Å². The summed E-state index contributed by atoms with van der Waals surface area (Å²) in [4.78, 5) is 32.6. The zero-order valence-corrected chi connectivity index (χ0v) is 17.1. The van der Waals surface area contributed by atoms with Crippen LogP contribution in [-0.2, 0) is 4.74 Å². The Morgan fingerprint density at radius 2 is 1.90 bits per heavy atom. The molecule has 0 radical (unpaired) electrons. The number of hydrogen-bond donors (Lipinski definition) is 1. The Labute approximate surface area is 187 Å². The third-order valence-corrected chi connectivity index (χ3v) is 5.71. The Morgan fingerprint density at radius 3 is 2.53 bits per heavy atom. The molecule has 1 spiro atoms. The second-order valence-corrected chi connectivity index (χ2v) is 8.94. The maximum atomic E-state index is 12.6. The molecule has 1 amide bonds. The van der Waals surface area contributed by atoms with Crippen LogP contribution >= 0.6 is 0 Å². The summed E-state index contributed by atoms with van der Waals surface area (Å²) in [6, 6.07) is 5.35. The number of aromatic carboxylic acids is 1. The molecule has 2 aromatic rings. The van der Waals surface area contributed by atoms with E-state index in [1.165, 1.54) is 6.07 Å². The fraction of sp³-hybridized carbons (Fsp3) is 0.571. The third-order valence-electron chi connectivity index (χ3n) is 5.71. The van der Waals surface area contributed by atoms with E-state index in [0.717, 1.165) is 25.7 Å². The zero-order valence-electron chi connectivity index (χ0n) is 17.1. The number of fused-ring (bicyclic) bond motifs is 1. The number of carbonyl (C=O) groups excluding carboxylic acids is 1. The Bertz CT molecular complexity index is 946. The van der Waals surface area contributed by atoms with Crippen LogP contribution in [0.1, 0.15) is 56.8 Å². The van der Waals surface area contributed by atoms with Gasteiger partial charge in [-0.1, -0.05) is 18.9 Å². The van der Waals surface area contributed by atoms with Gasteiger partial charge in [0.2, 0.25) is 0 Å². The Balaban J connectivity index is 0.00000256. The third kappa shape index (κ3) is 4.16. The fourth-order valence-corrected chi connectivity index (χ4v) is 4.44. The van der Waals surface area contributed by atoms with Crippen LogP contribution in [-0.4, -0.2) is 76.7 Å². The molecule has 30 heavy (non-hydrogen) atoms. The van der Waals surface area contributed by atoms with Crippen LogP contribution in [0, 0.1) is 0 Å². The molecule has 1 aromatic heterocycles. The molecule has 1 N–H and O–H groups in total. The van der Waals surface area contributed by atoms with Crippen molar-refractivity contribution in [1.29, 1.82) is 0 Å². The molecule has 9 heteroatoms. The first-order valence-corrected chi connectivity index (χ1v) is 10.1. The van der Waals surface area contributed by atoms with Gasteiger partial charge >= 0.3 is 30.9 Å². The first kappa shape index (κ1) is 22.5. The number of rotatable bonds is 2. The molecule has 8 nitrogen and oxygen atoms in total. The molecule has 2 fully saturated rings. The average molecular weight is 409 g/mol. The van der Waals surface area contributed by atoms with Crippen LogP contribution < -0.4 is 4.90 Å². The Kier molecular flexibility index (Phi) is 6.12. The van der Waals surface area contributed by atoms with E-state index in [4.69, 9.17) is 9.15 Å². The molecule has 0 atom stereocenters. The number of benzene rings is 1. The van der Waals surface area contributed by atoms with Crippen LogP contribution in [0.2, 0.25) is 0 Å². The maximum absolute atomic E-state index is 12.6. The first-order valence-electron chi connectivity index (χ1n) is 10.1. The van der Waals surface area contributed by atoms with Gasteiger partial charge in [0.25, 0.3) is 6.01 Å². The number of carboxylic acid groups (broad SMARTS) is 1. The fourth-order valence-electron chi connectivity index (χ4n) is 4.44. The average Bonchev–Trinajstić information content (AvgIpc) is 3.27. The summed E-state index contributed by atoms with van der Waals surface area (Å²) in [6.45, 7) is 7.21. The van der Waals surface area contributed by atoms with Crippen molar-refractivity contribution in [2.75, 3.05) is 24.5 Å². The molecule has 4 rings (SSSR count). The monoisotopic (exact) mass is 409 g/mol. The molecule has 158 valence electrons. The van der Waals surface area contributed by atoms with E-state index in [0.29, 0.717) is 36.7 Å². The van der Waals surface area contributed by atoms with Gasteiger partial charge in [-0.05, 0) is 45.7 Å². The Morgan fingerprint density at radius 1 is 1.20 bits per heavy atom.